The Morgan fingerprint density at radius 1 is 1.50 bits per heavy atom. The van der Waals surface area contributed by atoms with Gasteiger partial charge in [0.15, 0.2) is 4.90 Å². The quantitative estimate of drug-likeness (QED) is 0.593. The number of carboxylic acids is 1. The molecule has 0 bridgehead atoms. The van der Waals surface area contributed by atoms with Crippen molar-refractivity contribution in [1.82, 2.24) is 4.72 Å². The zero-order chi connectivity index (χ0) is 15.5. The van der Waals surface area contributed by atoms with Gasteiger partial charge in [-0.05, 0) is 12.5 Å². The fourth-order valence-corrected chi connectivity index (χ4v) is 3.05. The number of nitro groups is 1. The molecule has 1 aromatic rings. The van der Waals surface area contributed by atoms with Gasteiger partial charge in [0.05, 0.1) is 10.8 Å². The zero-order valence-electron chi connectivity index (χ0n) is 10.9. The van der Waals surface area contributed by atoms with Crippen LogP contribution in [0.25, 0.3) is 0 Å². The summed E-state index contributed by atoms with van der Waals surface area (Å²) in [5.41, 5.74) is -0.324. The van der Waals surface area contributed by atoms with E-state index in [2.05, 4.69) is 4.72 Å². The number of rotatable bonds is 6. The molecule has 1 atom stereocenters. The largest absolute Gasteiger partial charge is 0.481 e. The van der Waals surface area contributed by atoms with E-state index < -0.39 is 37.4 Å². The van der Waals surface area contributed by atoms with E-state index in [0.717, 1.165) is 6.07 Å². The second-order valence-electron chi connectivity index (χ2n) is 4.27. The summed E-state index contributed by atoms with van der Waals surface area (Å²) in [6.07, 6.45) is 0. The lowest BCUT2D eigenvalue weighted by Gasteiger charge is -2.11. The summed E-state index contributed by atoms with van der Waals surface area (Å²) in [6.45, 7) is 2.42. The molecule has 0 aliphatic carbocycles. The molecule has 1 unspecified atom stereocenters. The lowest BCUT2D eigenvalue weighted by molar-refractivity contribution is -0.387. The highest BCUT2D eigenvalue weighted by Crippen LogP contribution is 2.26. The lowest BCUT2D eigenvalue weighted by Crippen LogP contribution is -2.32. The molecule has 20 heavy (non-hydrogen) atoms. The van der Waals surface area contributed by atoms with E-state index in [1.807, 2.05) is 0 Å². The van der Waals surface area contributed by atoms with Gasteiger partial charge in [-0.2, -0.15) is 0 Å². The van der Waals surface area contributed by atoms with Crippen molar-refractivity contribution in [2.24, 2.45) is 5.92 Å². The van der Waals surface area contributed by atoms with Crippen LogP contribution < -0.4 is 4.72 Å². The van der Waals surface area contributed by atoms with E-state index >= 15 is 0 Å². The zero-order valence-corrected chi connectivity index (χ0v) is 11.7. The molecular formula is C11H14N2O6S. The third-order valence-corrected chi connectivity index (χ3v) is 4.27. The SMILES string of the molecule is Cc1cccc([N+](=O)[O-])c1S(=O)(=O)NCC(C)C(=O)O. The van der Waals surface area contributed by atoms with Crippen LogP contribution in [0.1, 0.15) is 12.5 Å². The highest BCUT2D eigenvalue weighted by Gasteiger charge is 2.28. The molecule has 0 aliphatic rings. The maximum absolute atomic E-state index is 12.1. The molecule has 2 N–H and O–H groups in total. The third-order valence-electron chi connectivity index (χ3n) is 2.66. The molecule has 0 aromatic heterocycles. The van der Waals surface area contributed by atoms with Crippen LogP contribution in [0.3, 0.4) is 0 Å². The third kappa shape index (κ3) is 3.52. The Bertz CT molecular complexity index is 640. The van der Waals surface area contributed by atoms with Crippen molar-refractivity contribution in [3.8, 4) is 0 Å². The lowest BCUT2D eigenvalue weighted by atomic mass is 10.2. The highest BCUT2D eigenvalue weighted by atomic mass is 32.2. The summed E-state index contributed by atoms with van der Waals surface area (Å²) in [5.74, 6) is -2.10. The first kappa shape index (κ1) is 16.1. The first-order chi connectivity index (χ1) is 9.16. The number of carbonyl (C=O) groups is 1. The van der Waals surface area contributed by atoms with Crippen LogP contribution in [-0.4, -0.2) is 31.0 Å². The molecule has 0 radical (unpaired) electrons. The van der Waals surface area contributed by atoms with E-state index in [-0.39, 0.29) is 12.1 Å². The van der Waals surface area contributed by atoms with Crippen molar-refractivity contribution in [1.29, 1.82) is 0 Å². The van der Waals surface area contributed by atoms with Gasteiger partial charge >= 0.3 is 5.97 Å². The smallest absolute Gasteiger partial charge is 0.307 e. The van der Waals surface area contributed by atoms with Gasteiger partial charge in [-0.15, -0.1) is 0 Å². The average molecular weight is 302 g/mol. The molecular weight excluding hydrogens is 288 g/mol. The van der Waals surface area contributed by atoms with E-state index in [1.54, 1.807) is 0 Å². The minimum absolute atomic E-state index is 0.217. The molecule has 110 valence electrons. The summed E-state index contributed by atoms with van der Waals surface area (Å²) in [5, 5.41) is 19.6. The molecule has 8 nitrogen and oxygen atoms in total. The Balaban J connectivity index is 3.16. The fourth-order valence-electron chi connectivity index (χ4n) is 1.52. The van der Waals surface area contributed by atoms with Crippen molar-refractivity contribution in [2.75, 3.05) is 6.54 Å². The number of aryl methyl sites for hydroxylation is 1. The normalized spacial score (nSPS) is 12.9. The fraction of sp³-hybridized carbons (Fsp3) is 0.364. The standard InChI is InChI=1S/C11H14N2O6S/c1-7-4-3-5-9(13(16)17)10(7)20(18,19)12-6-8(2)11(14)15/h3-5,8,12H,6H2,1-2H3,(H,14,15). The van der Waals surface area contributed by atoms with Crippen molar-refractivity contribution in [2.45, 2.75) is 18.7 Å². The molecule has 0 saturated heterocycles. The second kappa shape index (κ2) is 5.97. The summed E-state index contributed by atoms with van der Waals surface area (Å²) in [7, 11) is -4.15. The topological polar surface area (TPSA) is 127 Å². The number of sulfonamides is 1. The number of aliphatic carboxylic acids is 1. The molecule has 0 saturated carbocycles. The number of benzene rings is 1. The van der Waals surface area contributed by atoms with Gasteiger partial charge in [0.1, 0.15) is 0 Å². The molecule has 1 aromatic carbocycles. The van der Waals surface area contributed by atoms with Gasteiger partial charge in [-0.25, -0.2) is 13.1 Å². The second-order valence-corrected chi connectivity index (χ2v) is 5.98. The number of nitro benzene ring substituents is 1. The van der Waals surface area contributed by atoms with Crippen LogP contribution in [0.5, 0.6) is 0 Å². The van der Waals surface area contributed by atoms with Crippen LogP contribution in [-0.2, 0) is 14.8 Å². The van der Waals surface area contributed by atoms with Gasteiger partial charge in [0.25, 0.3) is 5.69 Å². The summed E-state index contributed by atoms with van der Waals surface area (Å²) in [4.78, 5) is 20.3. The van der Waals surface area contributed by atoms with Gasteiger partial charge < -0.3 is 5.11 Å². The molecule has 9 heteroatoms. The number of carboxylic acid groups (broad SMARTS) is 1. The number of nitrogens with one attached hydrogen (secondary N) is 1. The maximum Gasteiger partial charge on any atom is 0.307 e. The van der Waals surface area contributed by atoms with Gasteiger partial charge in [-0.1, -0.05) is 19.1 Å². The van der Waals surface area contributed by atoms with Crippen molar-refractivity contribution in [3.05, 3.63) is 33.9 Å². The van der Waals surface area contributed by atoms with Crippen molar-refractivity contribution >= 4 is 21.7 Å². The minimum atomic E-state index is -4.15. The summed E-state index contributed by atoms with van der Waals surface area (Å²) < 4.78 is 26.3. The number of hydrogen-bond acceptors (Lipinski definition) is 5. The Kier molecular flexibility index (Phi) is 4.79. The predicted octanol–water partition coefficient (Wildman–Crippen LogP) is 0.902. The number of nitrogens with zero attached hydrogens (tertiary/aromatic N) is 1. The van der Waals surface area contributed by atoms with E-state index in [4.69, 9.17) is 5.11 Å². The van der Waals surface area contributed by atoms with Gasteiger partial charge in [-0.3, -0.25) is 14.9 Å². The maximum atomic E-state index is 12.1. The van der Waals surface area contributed by atoms with E-state index in [0.29, 0.717) is 0 Å². The van der Waals surface area contributed by atoms with E-state index in [1.165, 1.54) is 26.0 Å². The molecule has 0 aliphatic heterocycles. The molecule has 1 rings (SSSR count). The Morgan fingerprint density at radius 2 is 2.10 bits per heavy atom. The average Bonchev–Trinajstić information content (AvgIpc) is 2.35. The Labute approximate surface area is 115 Å². The van der Waals surface area contributed by atoms with Crippen molar-refractivity contribution in [3.63, 3.8) is 0 Å². The molecule has 0 spiro atoms. The van der Waals surface area contributed by atoms with Crippen LogP contribution in [0, 0.1) is 23.0 Å². The minimum Gasteiger partial charge on any atom is -0.481 e. The number of hydrogen-bond donors (Lipinski definition) is 2. The van der Waals surface area contributed by atoms with Gasteiger partial charge in [0.2, 0.25) is 10.0 Å². The summed E-state index contributed by atoms with van der Waals surface area (Å²) >= 11 is 0. The predicted molar refractivity (Wildman–Crippen MR) is 69.8 cm³/mol. The first-order valence-electron chi connectivity index (χ1n) is 5.63. The molecule has 0 fully saturated rings. The Hall–Kier alpha value is -2.00. The van der Waals surface area contributed by atoms with Gasteiger partial charge in [0, 0.05) is 12.6 Å². The van der Waals surface area contributed by atoms with Crippen molar-refractivity contribution < 1.29 is 23.2 Å². The highest BCUT2D eigenvalue weighted by molar-refractivity contribution is 7.89. The summed E-state index contributed by atoms with van der Waals surface area (Å²) in [6, 6.07) is 3.90. The van der Waals surface area contributed by atoms with Crippen LogP contribution in [0.4, 0.5) is 5.69 Å². The first-order valence-corrected chi connectivity index (χ1v) is 7.11. The molecule has 0 heterocycles. The van der Waals surface area contributed by atoms with Crippen LogP contribution in [0.15, 0.2) is 23.1 Å². The monoisotopic (exact) mass is 302 g/mol. The van der Waals surface area contributed by atoms with Crippen LogP contribution >= 0.6 is 0 Å². The van der Waals surface area contributed by atoms with Crippen LogP contribution in [0.2, 0.25) is 0 Å². The Morgan fingerprint density at radius 3 is 2.60 bits per heavy atom. The molecule has 0 amide bonds. The van der Waals surface area contributed by atoms with E-state index in [9.17, 15) is 23.3 Å².